The Morgan fingerprint density at radius 2 is 2.04 bits per heavy atom. The maximum atomic E-state index is 12.5. The number of benzene rings is 1. The number of hydrogen-bond acceptors (Lipinski definition) is 6. The molecule has 0 fully saturated rings. The molecular formula is C17H22N2O5S2. The molecule has 26 heavy (non-hydrogen) atoms. The van der Waals surface area contributed by atoms with Crippen LogP contribution in [0.4, 0.5) is 0 Å². The summed E-state index contributed by atoms with van der Waals surface area (Å²) in [6.07, 6.45) is 0. The van der Waals surface area contributed by atoms with Crippen LogP contribution in [0.1, 0.15) is 28.2 Å². The molecule has 2 N–H and O–H groups in total. The molecule has 142 valence electrons. The third-order valence-corrected chi connectivity index (χ3v) is 6.17. The summed E-state index contributed by atoms with van der Waals surface area (Å²) in [5.74, 6) is -0.195. The van der Waals surface area contributed by atoms with Crippen molar-refractivity contribution in [2.24, 2.45) is 0 Å². The van der Waals surface area contributed by atoms with Crippen LogP contribution in [0, 0.1) is 0 Å². The SMILES string of the molecule is COCCNS(=O)(=O)c1cc(C(=O)N[C@@H](C)c2cccs2)ccc1OC. The lowest BCUT2D eigenvalue weighted by molar-refractivity contribution is 0.0940. The van der Waals surface area contributed by atoms with Crippen molar-refractivity contribution in [2.45, 2.75) is 17.9 Å². The molecule has 0 spiro atoms. The summed E-state index contributed by atoms with van der Waals surface area (Å²) in [6.45, 7) is 2.23. The molecule has 0 saturated heterocycles. The zero-order chi connectivity index (χ0) is 19.2. The van der Waals surface area contributed by atoms with Gasteiger partial charge >= 0.3 is 0 Å². The number of amides is 1. The first-order valence-electron chi connectivity index (χ1n) is 7.90. The molecule has 0 radical (unpaired) electrons. The van der Waals surface area contributed by atoms with E-state index in [-0.39, 0.29) is 41.3 Å². The fraction of sp³-hybridized carbons (Fsp3) is 0.353. The Balaban J connectivity index is 2.24. The normalized spacial score (nSPS) is 12.6. The zero-order valence-electron chi connectivity index (χ0n) is 14.8. The monoisotopic (exact) mass is 398 g/mol. The van der Waals surface area contributed by atoms with Gasteiger partial charge in [-0.05, 0) is 36.6 Å². The van der Waals surface area contributed by atoms with E-state index in [1.165, 1.54) is 32.4 Å². The van der Waals surface area contributed by atoms with Crippen LogP contribution in [-0.2, 0) is 14.8 Å². The van der Waals surface area contributed by atoms with Crippen molar-refractivity contribution in [1.82, 2.24) is 10.0 Å². The lowest BCUT2D eigenvalue weighted by Crippen LogP contribution is -2.29. The van der Waals surface area contributed by atoms with Crippen LogP contribution in [0.25, 0.3) is 0 Å². The van der Waals surface area contributed by atoms with Crippen LogP contribution in [0.2, 0.25) is 0 Å². The molecule has 0 aliphatic carbocycles. The van der Waals surface area contributed by atoms with E-state index in [1.807, 2.05) is 24.4 Å². The van der Waals surface area contributed by atoms with Crippen molar-refractivity contribution in [3.8, 4) is 5.75 Å². The molecule has 1 heterocycles. The Bertz CT molecular complexity index is 835. The fourth-order valence-electron chi connectivity index (χ4n) is 2.27. The third kappa shape index (κ3) is 5.04. The Labute approximate surface area is 157 Å². The first kappa shape index (κ1) is 20.4. The van der Waals surface area contributed by atoms with Gasteiger partial charge in [0, 0.05) is 24.1 Å². The predicted octanol–water partition coefficient (Wildman–Crippen LogP) is 2.17. The fourth-order valence-corrected chi connectivity index (χ4v) is 4.21. The number of rotatable bonds is 9. The van der Waals surface area contributed by atoms with E-state index in [0.717, 1.165) is 4.88 Å². The highest BCUT2D eigenvalue weighted by atomic mass is 32.2. The molecule has 1 atom stereocenters. The van der Waals surface area contributed by atoms with E-state index in [2.05, 4.69) is 10.0 Å². The van der Waals surface area contributed by atoms with Crippen molar-refractivity contribution in [3.63, 3.8) is 0 Å². The number of methoxy groups -OCH3 is 2. The maximum Gasteiger partial charge on any atom is 0.251 e. The molecule has 1 aromatic carbocycles. The van der Waals surface area contributed by atoms with E-state index in [4.69, 9.17) is 9.47 Å². The van der Waals surface area contributed by atoms with E-state index in [0.29, 0.717) is 0 Å². The number of hydrogen-bond donors (Lipinski definition) is 2. The summed E-state index contributed by atoms with van der Waals surface area (Å²) in [4.78, 5) is 13.4. The number of ether oxygens (including phenoxy) is 2. The van der Waals surface area contributed by atoms with Gasteiger partial charge in [-0.15, -0.1) is 11.3 Å². The van der Waals surface area contributed by atoms with Crippen molar-refractivity contribution in [1.29, 1.82) is 0 Å². The van der Waals surface area contributed by atoms with Crippen LogP contribution in [0.5, 0.6) is 5.75 Å². The zero-order valence-corrected chi connectivity index (χ0v) is 16.4. The van der Waals surface area contributed by atoms with E-state index in [9.17, 15) is 13.2 Å². The molecule has 0 saturated carbocycles. The average Bonchev–Trinajstić information content (AvgIpc) is 3.16. The van der Waals surface area contributed by atoms with Crippen molar-refractivity contribution in [2.75, 3.05) is 27.4 Å². The summed E-state index contributed by atoms with van der Waals surface area (Å²) in [5.41, 5.74) is 0.237. The van der Waals surface area contributed by atoms with Crippen LogP contribution in [0.3, 0.4) is 0 Å². The van der Waals surface area contributed by atoms with E-state index in [1.54, 1.807) is 11.3 Å². The molecule has 0 aliphatic rings. The van der Waals surface area contributed by atoms with Crippen molar-refractivity contribution >= 4 is 27.3 Å². The number of thiophene rings is 1. The van der Waals surface area contributed by atoms with Crippen LogP contribution in [0.15, 0.2) is 40.6 Å². The summed E-state index contributed by atoms with van der Waals surface area (Å²) >= 11 is 1.54. The van der Waals surface area contributed by atoms with Gasteiger partial charge in [0.05, 0.1) is 19.8 Å². The Morgan fingerprint density at radius 3 is 2.65 bits per heavy atom. The Morgan fingerprint density at radius 1 is 1.27 bits per heavy atom. The van der Waals surface area contributed by atoms with Gasteiger partial charge in [0.25, 0.3) is 5.91 Å². The molecule has 1 amide bonds. The van der Waals surface area contributed by atoms with Gasteiger partial charge in [-0.25, -0.2) is 13.1 Å². The van der Waals surface area contributed by atoms with Gasteiger partial charge in [0.1, 0.15) is 10.6 Å². The Kier molecular flexibility index (Phi) is 7.15. The number of nitrogens with one attached hydrogen (secondary N) is 2. The van der Waals surface area contributed by atoms with E-state index >= 15 is 0 Å². The topological polar surface area (TPSA) is 93.7 Å². The summed E-state index contributed by atoms with van der Waals surface area (Å²) in [7, 11) is -0.978. The summed E-state index contributed by atoms with van der Waals surface area (Å²) in [5, 5.41) is 4.79. The van der Waals surface area contributed by atoms with Gasteiger partial charge in [-0.3, -0.25) is 4.79 Å². The Hall–Kier alpha value is -1.94. The third-order valence-electron chi connectivity index (χ3n) is 3.63. The molecule has 7 nitrogen and oxygen atoms in total. The lowest BCUT2D eigenvalue weighted by Gasteiger charge is -2.15. The highest BCUT2D eigenvalue weighted by Gasteiger charge is 2.22. The second-order valence-corrected chi connectivity index (χ2v) is 8.18. The second-order valence-electron chi connectivity index (χ2n) is 5.47. The van der Waals surface area contributed by atoms with Gasteiger partial charge < -0.3 is 14.8 Å². The minimum atomic E-state index is -3.84. The molecule has 0 aliphatic heterocycles. The van der Waals surface area contributed by atoms with E-state index < -0.39 is 10.0 Å². The highest BCUT2D eigenvalue weighted by molar-refractivity contribution is 7.89. The minimum absolute atomic E-state index is 0.0903. The lowest BCUT2D eigenvalue weighted by atomic mass is 10.2. The van der Waals surface area contributed by atoms with Crippen molar-refractivity contribution in [3.05, 3.63) is 46.2 Å². The summed E-state index contributed by atoms with van der Waals surface area (Å²) < 4.78 is 37.4. The largest absolute Gasteiger partial charge is 0.495 e. The molecule has 2 aromatic rings. The molecule has 0 bridgehead atoms. The van der Waals surface area contributed by atoms with Gasteiger partial charge in [0.15, 0.2) is 0 Å². The number of sulfonamides is 1. The number of carbonyl (C=O) groups is 1. The molecule has 2 rings (SSSR count). The van der Waals surface area contributed by atoms with Crippen molar-refractivity contribution < 1.29 is 22.7 Å². The van der Waals surface area contributed by atoms with Gasteiger partial charge in [0.2, 0.25) is 10.0 Å². The quantitative estimate of drug-likeness (QED) is 0.632. The van der Waals surface area contributed by atoms with Gasteiger partial charge in [-0.2, -0.15) is 0 Å². The smallest absolute Gasteiger partial charge is 0.251 e. The highest BCUT2D eigenvalue weighted by Crippen LogP contribution is 2.25. The maximum absolute atomic E-state index is 12.5. The average molecular weight is 399 g/mol. The predicted molar refractivity (Wildman–Crippen MR) is 100 cm³/mol. The second kappa shape index (κ2) is 9.13. The standard InChI is InChI=1S/C17H22N2O5S2/c1-12(15-5-4-10-25-15)19-17(20)13-6-7-14(24-3)16(11-13)26(21,22)18-8-9-23-2/h4-7,10-12,18H,8-9H2,1-3H3,(H,19,20)/t12-/m0/s1. The summed E-state index contributed by atoms with van der Waals surface area (Å²) in [6, 6.07) is 7.97. The molecule has 0 unspecified atom stereocenters. The van der Waals surface area contributed by atoms with Crippen LogP contribution < -0.4 is 14.8 Å². The molecule has 1 aromatic heterocycles. The first-order chi connectivity index (χ1) is 12.4. The molecule has 9 heteroatoms. The first-order valence-corrected chi connectivity index (χ1v) is 10.3. The number of carbonyl (C=O) groups excluding carboxylic acids is 1. The van der Waals surface area contributed by atoms with Crippen LogP contribution in [-0.4, -0.2) is 41.7 Å². The minimum Gasteiger partial charge on any atom is -0.495 e. The molecular weight excluding hydrogens is 376 g/mol. The van der Waals surface area contributed by atoms with Gasteiger partial charge in [-0.1, -0.05) is 6.07 Å². The van der Waals surface area contributed by atoms with Crippen LogP contribution >= 0.6 is 11.3 Å².